The maximum absolute atomic E-state index is 13.0. The van der Waals surface area contributed by atoms with Crippen LogP contribution in [0, 0.1) is 28.5 Å². The number of pyridine rings is 1. The zero-order valence-electron chi connectivity index (χ0n) is 7.34. The van der Waals surface area contributed by atoms with Crippen LogP contribution in [0.4, 0.5) is 13.2 Å². The molecule has 0 radical (unpaired) electrons. The van der Waals surface area contributed by atoms with Gasteiger partial charge in [0, 0.05) is 0 Å². The van der Waals surface area contributed by atoms with Crippen molar-refractivity contribution in [2.45, 2.75) is 12.8 Å². The van der Waals surface area contributed by atoms with E-state index in [0.29, 0.717) is 0 Å². The second-order valence-corrected chi connectivity index (χ2v) is 2.61. The van der Waals surface area contributed by atoms with Crippen LogP contribution in [0.2, 0.25) is 0 Å². The molecule has 0 fully saturated rings. The lowest BCUT2D eigenvalue weighted by Gasteiger charge is -2.05. The van der Waals surface area contributed by atoms with Gasteiger partial charge in [-0.1, -0.05) is 0 Å². The number of alkyl halides is 2. The minimum absolute atomic E-state index is 0.191. The Morgan fingerprint density at radius 3 is 2.53 bits per heavy atom. The summed E-state index contributed by atoms with van der Waals surface area (Å²) in [5.41, 5.74) is -1.59. The minimum Gasteiger partial charge on any atom is -0.233 e. The number of nitrogens with zero attached hydrogens (tertiary/aromatic N) is 3. The summed E-state index contributed by atoms with van der Waals surface area (Å²) in [4.78, 5) is 3.17. The van der Waals surface area contributed by atoms with Crippen molar-refractivity contribution in [3.8, 4) is 12.1 Å². The van der Waals surface area contributed by atoms with Crippen LogP contribution >= 0.6 is 0 Å². The second kappa shape index (κ2) is 4.43. The molecular formula is C9H4F3N3. The molecule has 0 amide bonds. The highest BCUT2D eigenvalue weighted by Gasteiger charge is 2.18. The summed E-state index contributed by atoms with van der Waals surface area (Å²) in [7, 11) is 0. The highest BCUT2D eigenvalue weighted by molar-refractivity contribution is 5.32. The second-order valence-electron chi connectivity index (χ2n) is 2.61. The highest BCUT2D eigenvalue weighted by atomic mass is 19.3. The zero-order valence-corrected chi connectivity index (χ0v) is 7.34. The maximum Gasteiger partial charge on any atom is 0.280 e. The minimum atomic E-state index is -2.93. The van der Waals surface area contributed by atoms with Crippen LogP contribution < -0.4 is 0 Å². The Kier molecular flexibility index (Phi) is 3.25. The van der Waals surface area contributed by atoms with Crippen molar-refractivity contribution in [3.05, 3.63) is 28.8 Å². The molecule has 0 N–H and O–H groups in total. The van der Waals surface area contributed by atoms with Crippen molar-refractivity contribution in [2.24, 2.45) is 0 Å². The molecule has 0 aromatic carbocycles. The SMILES string of the molecule is N#CCc1cc(F)c(C#N)nc1C(F)F. The number of aromatic nitrogens is 1. The smallest absolute Gasteiger partial charge is 0.233 e. The Bertz CT molecular complexity index is 457. The molecule has 0 saturated carbocycles. The van der Waals surface area contributed by atoms with Gasteiger partial charge in [0.25, 0.3) is 6.43 Å². The van der Waals surface area contributed by atoms with E-state index in [-0.39, 0.29) is 12.0 Å². The third-order valence-corrected chi connectivity index (χ3v) is 1.67. The summed E-state index contributed by atoms with van der Waals surface area (Å²) >= 11 is 0. The van der Waals surface area contributed by atoms with Crippen molar-refractivity contribution < 1.29 is 13.2 Å². The van der Waals surface area contributed by atoms with Crippen LogP contribution in [0.1, 0.15) is 23.4 Å². The molecule has 0 aliphatic heterocycles. The lowest BCUT2D eigenvalue weighted by molar-refractivity contribution is 0.144. The fraction of sp³-hybridized carbons (Fsp3) is 0.222. The number of rotatable bonds is 2. The Morgan fingerprint density at radius 2 is 2.07 bits per heavy atom. The number of hydrogen-bond donors (Lipinski definition) is 0. The maximum atomic E-state index is 13.0. The van der Waals surface area contributed by atoms with E-state index in [1.165, 1.54) is 6.07 Å². The Hall–Kier alpha value is -2.08. The summed E-state index contributed by atoms with van der Waals surface area (Å²) in [6, 6.07) is 3.72. The molecule has 0 aliphatic rings. The molecule has 0 spiro atoms. The van der Waals surface area contributed by atoms with Crippen LogP contribution in [0.5, 0.6) is 0 Å². The molecule has 0 aliphatic carbocycles. The molecule has 6 heteroatoms. The van der Waals surface area contributed by atoms with Crippen LogP contribution in [-0.4, -0.2) is 4.98 Å². The van der Waals surface area contributed by atoms with Crippen LogP contribution in [0.15, 0.2) is 6.07 Å². The van der Waals surface area contributed by atoms with Crippen LogP contribution in [0.3, 0.4) is 0 Å². The average Bonchev–Trinajstić information content (AvgIpc) is 2.18. The normalized spacial score (nSPS) is 9.73. The van der Waals surface area contributed by atoms with E-state index in [2.05, 4.69) is 4.98 Å². The summed E-state index contributed by atoms with van der Waals surface area (Å²) in [6.45, 7) is 0. The van der Waals surface area contributed by atoms with Gasteiger partial charge in [0.05, 0.1) is 12.5 Å². The number of hydrogen-bond acceptors (Lipinski definition) is 3. The molecule has 1 aromatic rings. The monoisotopic (exact) mass is 211 g/mol. The highest BCUT2D eigenvalue weighted by Crippen LogP contribution is 2.22. The topological polar surface area (TPSA) is 60.5 Å². The van der Waals surface area contributed by atoms with E-state index in [0.717, 1.165) is 6.07 Å². The molecule has 3 nitrogen and oxygen atoms in total. The molecule has 1 rings (SSSR count). The molecule has 1 aromatic heterocycles. The third-order valence-electron chi connectivity index (χ3n) is 1.67. The first kappa shape index (κ1) is 11.0. The van der Waals surface area contributed by atoms with Crippen LogP contribution in [0.25, 0.3) is 0 Å². The van der Waals surface area contributed by atoms with E-state index in [4.69, 9.17) is 10.5 Å². The van der Waals surface area contributed by atoms with Gasteiger partial charge in [-0.3, -0.25) is 0 Å². The third kappa shape index (κ3) is 2.23. The largest absolute Gasteiger partial charge is 0.280 e. The molecule has 0 saturated heterocycles. The van der Waals surface area contributed by atoms with Crippen LogP contribution in [-0.2, 0) is 6.42 Å². The van der Waals surface area contributed by atoms with Crippen molar-refractivity contribution in [3.63, 3.8) is 0 Å². The van der Waals surface area contributed by atoms with E-state index in [1.807, 2.05) is 0 Å². The quantitative estimate of drug-likeness (QED) is 0.752. The average molecular weight is 211 g/mol. The van der Waals surface area contributed by atoms with Crippen molar-refractivity contribution in [2.75, 3.05) is 0 Å². The molecule has 15 heavy (non-hydrogen) atoms. The predicted octanol–water partition coefficient (Wildman–Crippen LogP) is 2.10. The van der Waals surface area contributed by atoms with Gasteiger partial charge in [-0.05, 0) is 11.6 Å². The fourth-order valence-electron chi connectivity index (χ4n) is 1.04. The van der Waals surface area contributed by atoms with Gasteiger partial charge < -0.3 is 0 Å². The number of halogens is 3. The van der Waals surface area contributed by atoms with E-state index in [9.17, 15) is 13.2 Å². The summed E-state index contributed by atoms with van der Waals surface area (Å²) in [6.07, 6.45) is -3.30. The zero-order chi connectivity index (χ0) is 11.4. The van der Waals surface area contributed by atoms with Gasteiger partial charge in [0.2, 0.25) is 0 Å². The first-order chi connectivity index (χ1) is 7.10. The Labute approximate surface area is 83.4 Å². The van der Waals surface area contributed by atoms with E-state index < -0.39 is 23.6 Å². The summed E-state index contributed by atoms with van der Waals surface area (Å²) in [5.74, 6) is -0.993. The molecule has 1 heterocycles. The van der Waals surface area contributed by atoms with Gasteiger partial charge in [-0.2, -0.15) is 10.5 Å². The summed E-state index contributed by atoms with van der Waals surface area (Å²) in [5, 5.41) is 16.7. The van der Waals surface area contributed by atoms with Crippen molar-refractivity contribution in [1.82, 2.24) is 4.98 Å². The predicted molar refractivity (Wildman–Crippen MR) is 43.2 cm³/mol. The standard InChI is InChI=1S/C9H4F3N3/c10-6-3-5(1-2-13)8(9(11)12)15-7(6)4-14/h3,9H,1H2. The molecular weight excluding hydrogens is 207 g/mol. The van der Waals surface area contributed by atoms with Gasteiger partial charge >= 0.3 is 0 Å². The van der Waals surface area contributed by atoms with E-state index in [1.54, 1.807) is 6.07 Å². The Balaban J connectivity index is 3.35. The molecule has 76 valence electrons. The first-order valence-electron chi connectivity index (χ1n) is 3.84. The first-order valence-corrected chi connectivity index (χ1v) is 3.84. The lowest BCUT2D eigenvalue weighted by Crippen LogP contribution is -2.03. The lowest BCUT2D eigenvalue weighted by atomic mass is 10.1. The van der Waals surface area contributed by atoms with Crippen molar-refractivity contribution in [1.29, 1.82) is 10.5 Å². The van der Waals surface area contributed by atoms with Crippen molar-refractivity contribution >= 4 is 0 Å². The molecule has 0 bridgehead atoms. The van der Waals surface area contributed by atoms with Gasteiger partial charge in [0.1, 0.15) is 11.8 Å². The van der Waals surface area contributed by atoms with Gasteiger partial charge in [-0.15, -0.1) is 0 Å². The van der Waals surface area contributed by atoms with Gasteiger partial charge in [0.15, 0.2) is 11.5 Å². The molecule has 0 unspecified atom stereocenters. The van der Waals surface area contributed by atoms with Gasteiger partial charge in [-0.25, -0.2) is 18.2 Å². The number of nitriles is 2. The summed E-state index contributed by atoms with van der Waals surface area (Å²) < 4.78 is 37.8. The molecule has 0 atom stereocenters. The van der Waals surface area contributed by atoms with E-state index >= 15 is 0 Å². The Morgan fingerprint density at radius 1 is 1.40 bits per heavy atom. The fourth-order valence-corrected chi connectivity index (χ4v) is 1.04.